The fraction of sp³-hybridized carbons (Fsp3) is 0.333. The lowest BCUT2D eigenvalue weighted by atomic mass is 10.1. The summed E-state index contributed by atoms with van der Waals surface area (Å²) < 4.78 is 5.49. The predicted molar refractivity (Wildman–Crippen MR) is 64.9 cm³/mol. The predicted octanol–water partition coefficient (Wildman–Crippen LogP) is 2.67. The minimum Gasteiger partial charge on any atom is -0.476 e. The van der Waals surface area contributed by atoms with Crippen LogP contribution in [0.4, 0.5) is 0 Å². The molecule has 0 aliphatic carbocycles. The lowest BCUT2D eigenvalue weighted by Crippen LogP contribution is -2.15. The molecule has 88 valence electrons. The zero-order valence-corrected chi connectivity index (χ0v) is 9.71. The van der Waals surface area contributed by atoms with E-state index in [-0.39, 0.29) is 6.54 Å². The molecule has 0 unspecified atom stereocenters. The van der Waals surface area contributed by atoms with Crippen molar-refractivity contribution in [3.63, 3.8) is 0 Å². The molecule has 1 aliphatic heterocycles. The van der Waals surface area contributed by atoms with Crippen molar-refractivity contribution in [1.29, 1.82) is 0 Å². The molecular weight excluding hydrogens is 216 g/mol. The van der Waals surface area contributed by atoms with Crippen LogP contribution in [0.25, 0.3) is 10.4 Å². The molecule has 0 N–H and O–H groups in total. The first-order valence-electron chi connectivity index (χ1n) is 5.42. The van der Waals surface area contributed by atoms with Crippen LogP contribution in [0.15, 0.2) is 46.9 Å². The number of rotatable bonds is 4. The molecule has 1 aromatic rings. The highest BCUT2D eigenvalue weighted by Gasteiger charge is 2.20. The monoisotopic (exact) mass is 230 g/mol. The molecule has 5 nitrogen and oxygen atoms in total. The highest BCUT2D eigenvalue weighted by atomic mass is 16.5. The Morgan fingerprint density at radius 3 is 2.88 bits per heavy atom. The molecule has 0 aromatic heterocycles. The summed E-state index contributed by atoms with van der Waals surface area (Å²) in [6, 6.07) is 10.2. The van der Waals surface area contributed by atoms with Crippen LogP contribution in [0.3, 0.4) is 0 Å². The minimum absolute atomic E-state index is 0.281. The Bertz CT molecular complexity index is 463. The summed E-state index contributed by atoms with van der Waals surface area (Å²) in [5.74, 6) is 0.772. The Labute approximate surface area is 99.9 Å². The van der Waals surface area contributed by atoms with Gasteiger partial charge in [0.15, 0.2) is 6.73 Å². The van der Waals surface area contributed by atoms with Crippen molar-refractivity contribution in [3.05, 3.63) is 57.8 Å². The van der Waals surface area contributed by atoms with Gasteiger partial charge in [-0.3, -0.25) is 0 Å². The van der Waals surface area contributed by atoms with Crippen molar-refractivity contribution >= 4 is 0 Å². The zero-order chi connectivity index (χ0) is 12.1. The van der Waals surface area contributed by atoms with Gasteiger partial charge in [-0.1, -0.05) is 35.4 Å². The minimum atomic E-state index is 0.281. The number of ether oxygens (including phenoxy) is 1. The summed E-state index contributed by atoms with van der Waals surface area (Å²) in [5.41, 5.74) is 10.6. The number of allylic oxidation sites excluding steroid dienone is 1. The van der Waals surface area contributed by atoms with Gasteiger partial charge in [-0.2, -0.15) is 0 Å². The lowest BCUT2D eigenvalue weighted by molar-refractivity contribution is 0.165. The van der Waals surface area contributed by atoms with E-state index in [1.165, 1.54) is 5.56 Å². The van der Waals surface area contributed by atoms with Gasteiger partial charge in [-0.05, 0) is 11.1 Å². The molecule has 0 radical (unpaired) electrons. The summed E-state index contributed by atoms with van der Waals surface area (Å²) in [4.78, 5) is 4.79. The molecule has 0 amide bonds. The van der Waals surface area contributed by atoms with E-state index in [2.05, 4.69) is 22.2 Å². The average Bonchev–Trinajstić information content (AvgIpc) is 2.70. The van der Waals surface area contributed by atoms with E-state index in [1.54, 1.807) is 0 Å². The van der Waals surface area contributed by atoms with Gasteiger partial charge >= 0.3 is 0 Å². The largest absolute Gasteiger partial charge is 0.476 e. The maximum absolute atomic E-state index is 8.34. The van der Waals surface area contributed by atoms with Gasteiger partial charge in [-0.25, -0.2) is 0 Å². The fourth-order valence-electron chi connectivity index (χ4n) is 1.80. The quantitative estimate of drug-likeness (QED) is 0.453. The topological polar surface area (TPSA) is 61.2 Å². The molecule has 0 spiro atoms. The Morgan fingerprint density at radius 1 is 1.41 bits per heavy atom. The first kappa shape index (κ1) is 11.4. The Morgan fingerprint density at radius 2 is 2.18 bits per heavy atom. The normalized spacial score (nSPS) is 14.5. The maximum Gasteiger partial charge on any atom is 0.160 e. The summed E-state index contributed by atoms with van der Waals surface area (Å²) >= 11 is 0. The van der Waals surface area contributed by atoms with Crippen molar-refractivity contribution in [3.8, 4) is 0 Å². The Balaban J connectivity index is 2.18. The first-order valence-corrected chi connectivity index (χ1v) is 5.42. The molecule has 0 saturated heterocycles. The van der Waals surface area contributed by atoms with Crippen molar-refractivity contribution in [2.75, 3.05) is 20.3 Å². The smallest absolute Gasteiger partial charge is 0.160 e. The van der Waals surface area contributed by atoms with Crippen molar-refractivity contribution < 1.29 is 4.74 Å². The highest BCUT2D eigenvalue weighted by molar-refractivity contribution is 5.24. The SMILES string of the molecule is CN1COC(CN=[N+]=[N-])=C1Cc1ccccc1. The second-order valence-corrected chi connectivity index (χ2v) is 3.89. The van der Waals surface area contributed by atoms with Crippen molar-refractivity contribution in [2.45, 2.75) is 6.42 Å². The van der Waals surface area contributed by atoms with E-state index < -0.39 is 0 Å². The second-order valence-electron chi connectivity index (χ2n) is 3.89. The Hall–Kier alpha value is -2.13. The van der Waals surface area contributed by atoms with Gasteiger partial charge in [0.2, 0.25) is 0 Å². The van der Waals surface area contributed by atoms with Gasteiger partial charge in [0.25, 0.3) is 0 Å². The molecule has 0 fully saturated rings. The van der Waals surface area contributed by atoms with E-state index in [9.17, 15) is 0 Å². The number of benzene rings is 1. The van der Waals surface area contributed by atoms with Crippen LogP contribution in [0.5, 0.6) is 0 Å². The van der Waals surface area contributed by atoms with Crippen molar-refractivity contribution in [2.24, 2.45) is 5.11 Å². The van der Waals surface area contributed by atoms with E-state index in [1.807, 2.05) is 30.1 Å². The molecule has 0 saturated carbocycles. The van der Waals surface area contributed by atoms with Gasteiger partial charge in [0.05, 0.1) is 12.2 Å². The van der Waals surface area contributed by atoms with Gasteiger partial charge < -0.3 is 9.64 Å². The van der Waals surface area contributed by atoms with Crippen LogP contribution < -0.4 is 0 Å². The Kier molecular flexibility index (Phi) is 3.52. The number of azide groups is 1. The second kappa shape index (κ2) is 5.27. The first-order chi connectivity index (χ1) is 8.31. The number of nitrogens with zero attached hydrogens (tertiary/aromatic N) is 4. The number of hydrogen-bond donors (Lipinski definition) is 0. The van der Waals surface area contributed by atoms with Crippen molar-refractivity contribution in [1.82, 2.24) is 4.90 Å². The summed E-state index contributed by atoms with van der Waals surface area (Å²) in [5, 5.41) is 3.55. The van der Waals surface area contributed by atoms with Gasteiger partial charge in [-0.15, -0.1) is 0 Å². The molecule has 1 aliphatic rings. The van der Waals surface area contributed by atoms with Gasteiger partial charge in [0, 0.05) is 18.4 Å². The molecule has 1 aromatic carbocycles. The summed E-state index contributed by atoms with van der Waals surface area (Å²) in [7, 11) is 1.97. The zero-order valence-electron chi connectivity index (χ0n) is 9.71. The van der Waals surface area contributed by atoms with E-state index in [4.69, 9.17) is 10.3 Å². The molecule has 17 heavy (non-hydrogen) atoms. The van der Waals surface area contributed by atoms with E-state index in [0.29, 0.717) is 6.73 Å². The third-order valence-electron chi connectivity index (χ3n) is 2.71. The van der Waals surface area contributed by atoms with E-state index in [0.717, 1.165) is 17.9 Å². The standard InChI is InChI=1S/C12H14N4O/c1-16-9-17-12(8-14-15-13)11(16)7-10-5-3-2-4-6-10/h2-6H,7-9H2,1H3. The number of likely N-dealkylation sites (N-methyl/N-ethyl adjacent to an activating group) is 1. The van der Waals surface area contributed by atoms with Crippen LogP contribution >= 0.6 is 0 Å². The third-order valence-corrected chi connectivity index (χ3v) is 2.71. The fourth-order valence-corrected chi connectivity index (χ4v) is 1.80. The average molecular weight is 230 g/mol. The lowest BCUT2D eigenvalue weighted by Gasteiger charge is -2.13. The third kappa shape index (κ3) is 2.71. The van der Waals surface area contributed by atoms with Crippen LogP contribution in [-0.2, 0) is 11.2 Å². The highest BCUT2D eigenvalue weighted by Crippen LogP contribution is 2.22. The van der Waals surface area contributed by atoms with Crippen LogP contribution in [0.1, 0.15) is 5.56 Å². The molecule has 5 heteroatoms. The molecular formula is C12H14N4O. The number of hydrogen-bond acceptors (Lipinski definition) is 3. The molecule has 0 bridgehead atoms. The molecule has 2 rings (SSSR count). The molecule has 1 heterocycles. The summed E-state index contributed by atoms with van der Waals surface area (Å²) in [6.07, 6.45) is 0.799. The van der Waals surface area contributed by atoms with Crippen LogP contribution in [0, 0.1) is 0 Å². The van der Waals surface area contributed by atoms with Crippen LogP contribution in [-0.4, -0.2) is 25.2 Å². The van der Waals surface area contributed by atoms with E-state index >= 15 is 0 Å². The summed E-state index contributed by atoms with van der Waals surface area (Å²) in [6.45, 7) is 0.807. The van der Waals surface area contributed by atoms with Gasteiger partial charge in [0.1, 0.15) is 5.76 Å². The maximum atomic E-state index is 8.34. The van der Waals surface area contributed by atoms with Crippen LogP contribution in [0.2, 0.25) is 0 Å². The molecule has 0 atom stereocenters.